The number of amides is 2. The highest BCUT2D eigenvalue weighted by Crippen LogP contribution is 2.18. The molecule has 6 heteroatoms. The molecule has 0 unspecified atom stereocenters. The highest BCUT2D eigenvalue weighted by Gasteiger charge is 2.23. The lowest BCUT2D eigenvalue weighted by Crippen LogP contribution is -2.37. The summed E-state index contributed by atoms with van der Waals surface area (Å²) in [4.78, 5) is 27.4. The van der Waals surface area contributed by atoms with Crippen LogP contribution in [0.15, 0.2) is 12.1 Å². The quantitative estimate of drug-likeness (QED) is 0.800. The van der Waals surface area contributed by atoms with Crippen LogP contribution in [-0.2, 0) is 11.2 Å². The number of aromatic nitrogens is 1. The number of halogens is 1. The van der Waals surface area contributed by atoms with Crippen LogP contribution in [-0.4, -0.2) is 29.4 Å². The largest absolute Gasteiger partial charge is 0.352 e. The summed E-state index contributed by atoms with van der Waals surface area (Å²) in [5.74, 6) is -0.475. The van der Waals surface area contributed by atoms with Gasteiger partial charge in [-0.15, -0.1) is 0 Å². The third-order valence-electron chi connectivity index (χ3n) is 2.82. The van der Waals surface area contributed by atoms with Gasteiger partial charge in [0.25, 0.3) is 5.91 Å². The van der Waals surface area contributed by atoms with E-state index in [2.05, 4.69) is 15.6 Å². The van der Waals surface area contributed by atoms with Crippen molar-refractivity contribution in [2.45, 2.75) is 32.2 Å². The van der Waals surface area contributed by atoms with Crippen molar-refractivity contribution in [1.29, 1.82) is 0 Å². The summed E-state index contributed by atoms with van der Waals surface area (Å²) in [5, 5.41) is 5.66. The fraction of sp³-hybridized carbons (Fsp3) is 0.462. The van der Waals surface area contributed by atoms with Crippen molar-refractivity contribution in [3.63, 3.8) is 0 Å². The molecule has 2 amide bonds. The molecular weight excluding hydrogens is 266 g/mol. The molecule has 0 bridgehead atoms. The minimum atomic E-state index is -0.315. The van der Waals surface area contributed by atoms with Crippen LogP contribution in [0.2, 0.25) is 5.15 Å². The standard InChI is InChI=1S/C13H16ClN3O2/c1-2-9-5-8(6-11(14)16-9)13(19)15-7-12(18)17-10-3-4-10/h5-6,10H,2-4,7H2,1H3,(H,15,19)(H,17,18). The molecule has 102 valence electrons. The van der Waals surface area contributed by atoms with Crippen molar-refractivity contribution < 1.29 is 9.59 Å². The molecule has 19 heavy (non-hydrogen) atoms. The first-order valence-corrected chi connectivity index (χ1v) is 6.70. The van der Waals surface area contributed by atoms with E-state index in [0.29, 0.717) is 18.0 Å². The Morgan fingerprint density at radius 3 is 2.79 bits per heavy atom. The molecule has 1 fully saturated rings. The van der Waals surface area contributed by atoms with Crippen LogP contribution in [0.5, 0.6) is 0 Å². The Bertz CT molecular complexity index is 501. The van der Waals surface area contributed by atoms with Crippen LogP contribution in [0.3, 0.4) is 0 Å². The predicted molar refractivity (Wildman–Crippen MR) is 72.1 cm³/mol. The van der Waals surface area contributed by atoms with Gasteiger partial charge in [0.2, 0.25) is 5.91 Å². The normalized spacial score (nSPS) is 14.0. The highest BCUT2D eigenvalue weighted by atomic mass is 35.5. The van der Waals surface area contributed by atoms with Crippen molar-refractivity contribution in [2.24, 2.45) is 0 Å². The van der Waals surface area contributed by atoms with E-state index in [-0.39, 0.29) is 23.5 Å². The van der Waals surface area contributed by atoms with E-state index >= 15 is 0 Å². The smallest absolute Gasteiger partial charge is 0.251 e. The number of pyridine rings is 1. The van der Waals surface area contributed by atoms with E-state index in [1.54, 1.807) is 6.07 Å². The first kappa shape index (κ1) is 13.8. The summed E-state index contributed by atoms with van der Waals surface area (Å²) in [6.45, 7) is 1.92. The summed E-state index contributed by atoms with van der Waals surface area (Å²) < 4.78 is 0. The second-order valence-corrected chi connectivity index (χ2v) is 4.94. The molecule has 0 aromatic carbocycles. The van der Waals surface area contributed by atoms with E-state index in [1.807, 2.05) is 6.92 Å². The number of rotatable bonds is 5. The average Bonchev–Trinajstić information content (AvgIpc) is 3.19. The zero-order valence-electron chi connectivity index (χ0n) is 10.7. The number of hydrogen-bond donors (Lipinski definition) is 2. The first-order chi connectivity index (χ1) is 9.08. The molecule has 0 radical (unpaired) electrons. The topological polar surface area (TPSA) is 71.1 Å². The lowest BCUT2D eigenvalue weighted by atomic mass is 10.2. The number of hydrogen-bond acceptors (Lipinski definition) is 3. The van der Waals surface area contributed by atoms with Crippen LogP contribution in [0, 0.1) is 0 Å². The van der Waals surface area contributed by atoms with Crippen molar-refractivity contribution in [3.8, 4) is 0 Å². The number of carbonyl (C=O) groups excluding carboxylic acids is 2. The lowest BCUT2D eigenvalue weighted by Gasteiger charge is -2.07. The molecular formula is C13H16ClN3O2. The monoisotopic (exact) mass is 281 g/mol. The molecule has 5 nitrogen and oxygen atoms in total. The predicted octanol–water partition coefficient (Wildman–Crippen LogP) is 1.31. The van der Waals surface area contributed by atoms with Crippen LogP contribution in [0.25, 0.3) is 0 Å². The highest BCUT2D eigenvalue weighted by molar-refractivity contribution is 6.29. The molecule has 1 aliphatic rings. The van der Waals surface area contributed by atoms with Gasteiger partial charge in [-0.05, 0) is 31.4 Å². The van der Waals surface area contributed by atoms with Gasteiger partial charge < -0.3 is 10.6 Å². The zero-order chi connectivity index (χ0) is 13.8. The van der Waals surface area contributed by atoms with E-state index in [4.69, 9.17) is 11.6 Å². The number of aryl methyl sites for hydroxylation is 1. The molecule has 0 saturated heterocycles. The molecule has 0 aliphatic heterocycles. The maximum Gasteiger partial charge on any atom is 0.251 e. The molecule has 2 rings (SSSR count). The number of nitrogens with zero attached hydrogens (tertiary/aromatic N) is 1. The second-order valence-electron chi connectivity index (χ2n) is 4.55. The van der Waals surface area contributed by atoms with Crippen molar-refractivity contribution in [3.05, 3.63) is 28.5 Å². The Labute approximate surface area is 116 Å². The van der Waals surface area contributed by atoms with E-state index in [9.17, 15) is 9.59 Å². The SMILES string of the molecule is CCc1cc(C(=O)NCC(=O)NC2CC2)cc(Cl)n1. The Morgan fingerprint density at radius 1 is 1.42 bits per heavy atom. The van der Waals surface area contributed by atoms with E-state index in [1.165, 1.54) is 6.07 Å². The molecule has 1 saturated carbocycles. The van der Waals surface area contributed by atoms with Gasteiger partial charge in [0.05, 0.1) is 6.54 Å². The van der Waals surface area contributed by atoms with Crippen LogP contribution < -0.4 is 10.6 Å². The van der Waals surface area contributed by atoms with Gasteiger partial charge in [0.15, 0.2) is 0 Å². The van der Waals surface area contributed by atoms with Crippen LogP contribution >= 0.6 is 11.6 Å². The Balaban J connectivity index is 1.91. The van der Waals surface area contributed by atoms with Crippen molar-refractivity contribution >= 4 is 23.4 Å². The van der Waals surface area contributed by atoms with Crippen molar-refractivity contribution in [2.75, 3.05) is 6.54 Å². The third kappa shape index (κ3) is 4.21. The van der Waals surface area contributed by atoms with Gasteiger partial charge >= 0.3 is 0 Å². The fourth-order valence-corrected chi connectivity index (χ4v) is 1.86. The summed E-state index contributed by atoms with van der Waals surface area (Å²) in [5.41, 5.74) is 1.18. The molecule has 0 spiro atoms. The first-order valence-electron chi connectivity index (χ1n) is 6.32. The third-order valence-corrected chi connectivity index (χ3v) is 3.02. The molecule has 1 aliphatic carbocycles. The molecule has 1 aromatic rings. The lowest BCUT2D eigenvalue weighted by molar-refractivity contribution is -0.120. The molecule has 2 N–H and O–H groups in total. The number of carbonyl (C=O) groups is 2. The zero-order valence-corrected chi connectivity index (χ0v) is 11.5. The van der Waals surface area contributed by atoms with Crippen LogP contribution in [0.4, 0.5) is 0 Å². The van der Waals surface area contributed by atoms with Gasteiger partial charge in [-0.2, -0.15) is 0 Å². The summed E-state index contributed by atoms with van der Waals surface area (Å²) in [7, 11) is 0. The van der Waals surface area contributed by atoms with Gasteiger partial charge in [-0.25, -0.2) is 4.98 Å². The maximum atomic E-state index is 11.9. The Hall–Kier alpha value is -1.62. The van der Waals surface area contributed by atoms with E-state index < -0.39 is 0 Å². The average molecular weight is 282 g/mol. The summed E-state index contributed by atoms with van der Waals surface area (Å²) >= 11 is 5.84. The van der Waals surface area contributed by atoms with Gasteiger partial charge in [0.1, 0.15) is 5.15 Å². The maximum absolute atomic E-state index is 11.9. The Morgan fingerprint density at radius 2 is 2.16 bits per heavy atom. The van der Waals surface area contributed by atoms with E-state index in [0.717, 1.165) is 18.5 Å². The number of nitrogens with one attached hydrogen (secondary N) is 2. The molecule has 1 aromatic heterocycles. The van der Waals surface area contributed by atoms with Gasteiger partial charge in [0, 0.05) is 17.3 Å². The second kappa shape index (κ2) is 6.02. The molecule has 0 atom stereocenters. The minimum Gasteiger partial charge on any atom is -0.352 e. The summed E-state index contributed by atoms with van der Waals surface area (Å²) in [6.07, 6.45) is 2.75. The molecule has 1 heterocycles. The van der Waals surface area contributed by atoms with Gasteiger partial charge in [-0.1, -0.05) is 18.5 Å². The van der Waals surface area contributed by atoms with Crippen LogP contribution in [0.1, 0.15) is 35.8 Å². The van der Waals surface area contributed by atoms with Gasteiger partial charge in [-0.3, -0.25) is 9.59 Å². The fourth-order valence-electron chi connectivity index (χ4n) is 1.63. The minimum absolute atomic E-state index is 0.0171. The Kier molecular flexibility index (Phi) is 4.37. The summed E-state index contributed by atoms with van der Waals surface area (Å²) in [6, 6.07) is 3.47. The van der Waals surface area contributed by atoms with Crippen molar-refractivity contribution in [1.82, 2.24) is 15.6 Å².